The second-order valence-corrected chi connectivity index (χ2v) is 9.33. The Hall–Kier alpha value is -4.06. The lowest BCUT2D eigenvalue weighted by Gasteiger charge is -2.10. The molecule has 0 aliphatic carbocycles. The van der Waals surface area contributed by atoms with Crippen LogP contribution in [0.15, 0.2) is 89.8 Å². The third kappa shape index (κ3) is 9.84. The highest BCUT2D eigenvalue weighted by molar-refractivity contribution is 7.89. The van der Waals surface area contributed by atoms with E-state index < -0.39 is 40.5 Å². The zero-order valence-corrected chi connectivity index (χ0v) is 20.9. The number of aliphatic carboxylic acids is 1. The molecule has 3 aromatic carbocycles. The van der Waals surface area contributed by atoms with Crippen LogP contribution >= 0.6 is 0 Å². The highest BCUT2D eigenvalue weighted by Crippen LogP contribution is 2.16. The van der Waals surface area contributed by atoms with E-state index in [9.17, 15) is 22.8 Å². The molecule has 0 aromatic heterocycles. The summed E-state index contributed by atoms with van der Waals surface area (Å²) in [6.45, 7) is -0.509. The Kier molecular flexibility index (Phi) is 11.4. The van der Waals surface area contributed by atoms with Gasteiger partial charge in [-0.3, -0.25) is 9.59 Å². The molecule has 10 nitrogen and oxygen atoms in total. The quantitative estimate of drug-likeness (QED) is 0.335. The molecule has 4 N–H and O–H groups in total. The zero-order valence-electron chi connectivity index (χ0n) is 20.1. The number of nitrogens with two attached hydrogens (primary N) is 1. The predicted octanol–water partition coefficient (Wildman–Crippen LogP) is 2.14. The largest absolute Gasteiger partial charge is 0.480 e. The zero-order chi connectivity index (χ0) is 27.3. The van der Waals surface area contributed by atoms with Crippen molar-refractivity contribution in [2.45, 2.75) is 24.0 Å². The third-order valence-corrected chi connectivity index (χ3v) is 6.31. The van der Waals surface area contributed by atoms with Crippen LogP contribution in [0.4, 0.5) is 0 Å². The number of hydrogen-bond donors (Lipinski definition) is 3. The molecule has 0 aliphatic heterocycles. The van der Waals surface area contributed by atoms with E-state index in [-0.39, 0.29) is 17.1 Å². The minimum atomic E-state index is -4.08. The third-order valence-electron chi connectivity index (χ3n) is 4.85. The van der Waals surface area contributed by atoms with Crippen LogP contribution < -0.4 is 10.5 Å². The summed E-state index contributed by atoms with van der Waals surface area (Å²) in [4.78, 5) is 33.5. The van der Waals surface area contributed by atoms with Gasteiger partial charge in [-0.05, 0) is 29.7 Å². The number of esters is 2. The summed E-state index contributed by atoms with van der Waals surface area (Å²) in [6.07, 6.45) is 0.385. The fourth-order valence-electron chi connectivity index (χ4n) is 2.96. The minimum Gasteiger partial charge on any atom is -0.480 e. The Morgan fingerprint density at radius 3 is 2.00 bits per heavy atom. The molecule has 3 aromatic rings. The van der Waals surface area contributed by atoms with Gasteiger partial charge in [0.15, 0.2) is 0 Å². The van der Waals surface area contributed by atoms with E-state index in [4.69, 9.17) is 15.6 Å². The smallest absolute Gasteiger partial charge is 0.339 e. The van der Waals surface area contributed by atoms with E-state index >= 15 is 0 Å². The van der Waals surface area contributed by atoms with Crippen LogP contribution in [-0.2, 0) is 42.1 Å². The molecule has 11 heteroatoms. The predicted molar refractivity (Wildman–Crippen MR) is 135 cm³/mol. The van der Waals surface area contributed by atoms with Gasteiger partial charge in [-0.25, -0.2) is 13.2 Å². The number of carbonyl (C=O) groups excluding carboxylic acids is 2. The molecule has 0 fully saturated rings. The number of hydrogen-bond acceptors (Lipinski definition) is 8. The molecule has 0 spiro atoms. The summed E-state index contributed by atoms with van der Waals surface area (Å²) < 4.78 is 36.3. The first-order chi connectivity index (χ1) is 17.6. The lowest BCUT2D eigenvalue weighted by molar-refractivity contribution is -0.143. The fourth-order valence-corrected chi connectivity index (χ4v) is 4.12. The van der Waals surface area contributed by atoms with E-state index in [0.29, 0.717) is 6.42 Å². The van der Waals surface area contributed by atoms with Crippen LogP contribution in [0.1, 0.15) is 21.5 Å². The van der Waals surface area contributed by atoms with E-state index in [1.54, 1.807) is 24.3 Å². The number of carboxylic acid groups (broad SMARTS) is 1. The summed E-state index contributed by atoms with van der Waals surface area (Å²) in [5.74, 6) is -2.48. The van der Waals surface area contributed by atoms with E-state index in [0.717, 1.165) is 18.2 Å². The highest BCUT2D eigenvalue weighted by atomic mass is 32.2. The minimum absolute atomic E-state index is 0.0418. The molecule has 1 atom stereocenters. The number of ether oxygens (including phenoxy) is 2. The standard InChI is InChI=1S/C17H17NO6S.C9H11NO2/c1-23-17(20)14-9-5-6-10-15(14)25(21,22)18-11-16(19)24-12-13-7-3-2-4-8-13;10-8(9(11)12)6-7-4-2-1-3-5-7/h2-10,18H,11-12H2,1H3;1-5,8H,6,10H2,(H,11,12)/t;8-/m.0/s1. The second kappa shape index (κ2) is 14.5. The molecule has 0 radical (unpaired) electrons. The number of sulfonamides is 1. The number of rotatable bonds is 10. The molecule has 0 heterocycles. The van der Waals surface area contributed by atoms with Gasteiger partial charge in [-0.2, -0.15) is 4.72 Å². The molecule has 0 saturated carbocycles. The maximum absolute atomic E-state index is 12.3. The first-order valence-electron chi connectivity index (χ1n) is 11.0. The molecule has 0 amide bonds. The molecule has 0 unspecified atom stereocenters. The van der Waals surface area contributed by atoms with Crippen molar-refractivity contribution in [2.75, 3.05) is 13.7 Å². The average Bonchev–Trinajstić information content (AvgIpc) is 2.91. The van der Waals surface area contributed by atoms with Crippen molar-refractivity contribution in [3.8, 4) is 0 Å². The fraction of sp³-hybridized carbons (Fsp3) is 0.192. The normalized spacial score (nSPS) is 11.4. The van der Waals surface area contributed by atoms with Gasteiger partial charge < -0.3 is 20.3 Å². The number of benzene rings is 3. The van der Waals surface area contributed by atoms with Crippen molar-refractivity contribution in [3.05, 3.63) is 102 Å². The van der Waals surface area contributed by atoms with Crippen LogP contribution in [-0.4, -0.2) is 51.1 Å². The monoisotopic (exact) mass is 528 g/mol. The van der Waals surface area contributed by atoms with Crippen molar-refractivity contribution in [1.82, 2.24) is 4.72 Å². The van der Waals surface area contributed by atoms with Crippen LogP contribution in [0, 0.1) is 0 Å². The maximum Gasteiger partial charge on any atom is 0.339 e. The van der Waals surface area contributed by atoms with E-state index in [1.807, 2.05) is 36.4 Å². The molecular formula is C26H28N2O8S. The molecule has 3 rings (SSSR count). The number of nitrogens with one attached hydrogen (secondary N) is 1. The van der Waals surface area contributed by atoms with Crippen molar-refractivity contribution < 1.29 is 37.4 Å². The number of methoxy groups -OCH3 is 1. The number of carboxylic acids is 1. The summed E-state index contributed by atoms with van der Waals surface area (Å²) in [5.41, 5.74) is 6.97. The van der Waals surface area contributed by atoms with Gasteiger partial charge in [0.25, 0.3) is 0 Å². The van der Waals surface area contributed by atoms with Crippen molar-refractivity contribution >= 4 is 27.9 Å². The highest BCUT2D eigenvalue weighted by Gasteiger charge is 2.23. The summed E-state index contributed by atoms with van der Waals surface area (Å²) in [6, 6.07) is 23.1. The van der Waals surface area contributed by atoms with Gasteiger partial charge in [-0.15, -0.1) is 0 Å². The molecule has 196 valence electrons. The van der Waals surface area contributed by atoms with Gasteiger partial charge in [0.1, 0.15) is 19.2 Å². The molecule has 0 bridgehead atoms. The first-order valence-corrected chi connectivity index (χ1v) is 12.5. The van der Waals surface area contributed by atoms with E-state index in [1.165, 1.54) is 24.3 Å². The van der Waals surface area contributed by atoms with Crippen LogP contribution in [0.25, 0.3) is 0 Å². The van der Waals surface area contributed by atoms with Gasteiger partial charge in [0, 0.05) is 0 Å². The Labute approximate surface area is 215 Å². The molecule has 0 aliphatic rings. The second-order valence-electron chi connectivity index (χ2n) is 7.59. The van der Waals surface area contributed by atoms with Crippen LogP contribution in [0.5, 0.6) is 0 Å². The van der Waals surface area contributed by atoms with Crippen molar-refractivity contribution in [3.63, 3.8) is 0 Å². The van der Waals surface area contributed by atoms with Gasteiger partial charge >= 0.3 is 17.9 Å². The van der Waals surface area contributed by atoms with Gasteiger partial charge in [0.05, 0.1) is 17.6 Å². The topological polar surface area (TPSA) is 162 Å². The molecule has 37 heavy (non-hydrogen) atoms. The maximum atomic E-state index is 12.3. The Bertz CT molecular complexity index is 1280. The summed E-state index contributed by atoms with van der Waals surface area (Å²) in [7, 11) is -2.92. The Morgan fingerprint density at radius 2 is 1.43 bits per heavy atom. The summed E-state index contributed by atoms with van der Waals surface area (Å²) in [5, 5.41) is 8.52. The lowest BCUT2D eigenvalue weighted by Crippen LogP contribution is -2.32. The number of carbonyl (C=O) groups is 3. The van der Waals surface area contributed by atoms with Crippen LogP contribution in [0.3, 0.4) is 0 Å². The molecular weight excluding hydrogens is 500 g/mol. The van der Waals surface area contributed by atoms with Gasteiger partial charge in [0.2, 0.25) is 10.0 Å². The Balaban J connectivity index is 0.000000335. The average molecular weight is 529 g/mol. The van der Waals surface area contributed by atoms with Crippen LogP contribution in [0.2, 0.25) is 0 Å². The molecule has 0 saturated heterocycles. The van der Waals surface area contributed by atoms with Crippen molar-refractivity contribution in [1.29, 1.82) is 0 Å². The summed E-state index contributed by atoms with van der Waals surface area (Å²) >= 11 is 0. The first kappa shape index (κ1) is 29.2. The lowest BCUT2D eigenvalue weighted by atomic mass is 10.1. The van der Waals surface area contributed by atoms with E-state index in [2.05, 4.69) is 9.46 Å². The Morgan fingerprint density at radius 1 is 0.892 bits per heavy atom. The SMILES string of the molecule is COC(=O)c1ccccc1S(=O)(=O)NCC(=O)OCc1ccccc1.N[C@@H](Cc1ccccc1)C(=O)O. The van der Waals surface area contributed by atoms with Crippen molar-refractivity contribution in [2.24, 2.45) is 5.73 Å². The van der Waals surface area contributed by atoms with Gasteiger partial charge in [-0.1, -0.05) is 72.8 Å².